The van der Waals surface area contributed by atoms with Gasteiger partial charge in [-0.3, -0.25) is 10.2 Å². The first-order valence-electron chi connectivity index (χ1n) is 8.64. The number of nitrogens with one attached hydrogen (secondary N) is 1. The molecule has 0 aliphatic carbocycles. The van der Waals surface area contributed by atoms with Crippen LogP contribution in [0.15, 0.2) is 48.5 Å². The SMILES string of the molecule is CCN(CC(O)COc1ccccc1C#N)NC(=O)Cc1ccc(O)cc1. The highest BCUT2D eigenvalue weighted by Gasteiger charge is 2.14. The number of aromatic hydroxyl groups is 1. The van der Waals surface area contributed by atoms with E-state index >= 15 is 0 Å². The third kappa shape index (κ3) is 6.62. The molecule has 0 bridgehead atoms. The molecule has 1 amide bonds. The van der Waals surface area contributed by atoms with E-state index in [0.29, 0.717) is 17.9 Å². The number of hydrazine groups is 1. The Kier molecular flexibility index (Phi) is 7.62. The number of hydrogen-bond acceptors (Lipinski definition) is 6. The maximum absolute atomic E-state index is 12.1. The molecule has 0 spiro atoms. The van der Waals surface area contributed by atoms with Crippen LogP contribution < -0.4 is 10.2 Å². The average molecular weight is 369 g/mol. The lowest BCUT2D eigenvalue weighted by atomic mass is 10.1. The summed E-state index contributed by atoms with van der Waals surface area (Å²) in [5, 5.41) is 30.1. The summed E-state index contributed by atoms with van der Waals surface area (Å²) < 4.78 is 5.51. The monoisotopic (exact) mass is 369 g/mol. The van der Waals surface area contributed by atoms with Crippen molar-refractivity contribution in [3.63, 3.8) is 0 Å². The lowest BCUT2D eigenvalue weighted by molar-refractivity contribution is -0.125. The molecule has 0 aromatic heterocycles. The molecule has 3 N–H and O–H groups in total. The number of nitrogens with zero attached hydrogens (tertiary/aromatic N) is 2. The van der Waals surface area contributed by atoms with Crippen LogP contribution >= 0.6 is 0 Å². The third-order valence-corrected chi connectivity index (χ3v) is 3.84. The zero-order valence-electron chi connectivity index (χ0n) is 15.1. The molecule has 1 unspecified atom stereocenters. The van der Waals surface area contributed by atoms with Gasteiger partial charge in [-0.2, -0.15) is 5.26 Å². The predicted molar refractivity (Wildman–Crippen MR) is 99.9 cm³/mol. The largest absolute Gasteiger partial charge is 0.508 e. The van der Waals surface area contributed by atoms with E-state index in [1.54, 1.807) is 41.4 Å². The minimum atomic E-state index is -0.842. The van der Waals surface area contributed by atoms with E-state index in [-0.39, 0.29) is 31.2 Å². The molecule has 7 nitrogen and oxygen atoms in total. The normalized spacial score (nSPS) is 11.6. The molecule has 0 aliphatic heterocycles. The number of carbonyl (C=O) groups excluding carboxylic acids is 1. The molecule has 0 heterocycles. The Morgan fingerprint density at radius 1 is 1.26 bits per heavy atom. The Hall–Kier alpha value is -3.08. The fourth-order valence-electron chi connectivity index (χ4n) is 2.45. The van der Waals surface area contributed by atoms with Crippen LogP contribution in [-0.2, 0) is 11.2 Å². The Morgan fingerprint density at radius 2 is 1.96 bits per heavy atom. The van der Waals surface area contributed by atoms with Gasteiger partial charge in [0.25, 0.3) is 0 Å². The molecule has 0 radical (unpaired) electrons. The number of rotatable bonds is 9. The van der Waals surface area contributed by atoms with Crippen LogP contribution in [0.1, 0.15) is 18.1 Å². The van der Waals surface area contributed by atoms with Crippen molar-refractivity contribution in [1.29, 1.82) is 5.26 Å². The van der Waals surface area contributed by atoms with Gasteiger partial charge in [-0.25, -0.2) is 5.01 Å². The van der Waals surface area contributed by atoms with Gasteiger partial charge in [0.2, 0.25) is 5.91 Å². The molecule has 0 saturated heterocycles. The Morgan fingerprint density at radius 3 is 2.63 bits per heavy atom. The smallest absolute Gasteiger partial charge is 0.238 e. The summed E-state index contributed by atoms with van der Waals surface area (Å²) in [7, 11) is 0. The van der Waals surface area contributed by atoms with Gasteiger partial charge in [0.1, 0.15) is 30.3 Å². The predicted octanol–water partition coefficient (Wildman–Crippen LogP) is 1.60. The molecule has 142 valence electrons. The van der Waals surface area contributed by atoms with Crippen molar-refractivity contribution in [2.75, 3.05) is 19.7 Å². The topological polar surface area (TPSA) is 106 Å². The van der Waals surface area contributed by atoms with Crippen molar-refractivity contribution in [2.24, 2.45) is 0 Å². The van der Waals surface area contributed by atoms with E-state index in [2.05, 4.69) is 5.43 Å². The molecule has 27 heavy (non-hydrogen) atoms. The fraction of sp³-hybridized carbons (Fsp3) is 0.300. The number of aliphatic hydroxyl groups excluding tert-OH is 1. The van der Waals surface area contributed by atoms with E-state index in [1.807, 2.05) is 13.0 Å². The second-order valence-electron chi connectivity index (χ2n) is 5.99. The molecule has 0 saturated carbocycles. The van der Waals surface area contributed by atoms with Crippen molar-refractivity contribution < 1.29 is 19.7 Å². The van der Waals surface area contributed by atoms with Crippen LogP contribution in [0.4, 0.5) is 0 Å². The Balaban J connectivity index is 1.81. The first kappa shape index (κ1) is 20.2. The number of amides is 1. The van der Waals surface area contributed by atoms with Crippen LogP contribution in [-0.4, -0.2) is 46.9 Å². The second-order valence-corrected chi connectivity index (χ2v) is 5.99. The zero-order chi connectivity index (χ0) is 19.6. The zero-order valence-corrected chi connectivity index (χ0v) is 15.1. The molecule has 1 atom stereocenters. The highest BCUT2D eigenvalue weighted by molar-refractivity contribution is 5.78. The molecule has 2 aromatic rings. The number of benzene rings is 2. The number of ether oxygens (including phenoxy) is 1. The maximum atomic E-state index is 12.1. The molecule has 2 rings (SSSR count). The number of phenols is 1. The number of phenolic OH excluding ortho intramolecular Hbond substituents is 1. The highest BCUT2D eigenvalue weighted by Crippen LogP contribution is 2.16. The third-order valence-electron chi connectivity index (χ3n) is 3.84. The van der Waals surface area contributed by atoms with E-state index in [4.69, 9.17) is 10.00 Å². The average Bonchev–Trinajstić information content (AvgIpc) is 2.67. The van der Waals surface area contributed by atoms with Crippen molar-refractivity contribution >= 4 is 5.91 Å². The first-order valence-corrected chi connectivity index (χ1v) is 8.64. The maximum Gasteiger partial charge on any atom is 0.238 e. The highest BCUT2D eigenvalue weighted by atomic mass is 16.5. The van der Waals surface area contributed by atoms with Gasteiger partial charge >= 0.3 is 0 Å². The summed E-state index contributed by atoms with van der Waals surface area (Å²) in [6.45, 7) is 2.56. The summed E-state index contributed by atoms with van der Waals surface area (Å²) in [5.41, 5.74) is 3.92. The summed E-state index contributed by atoms with van der Waals surface area (Å²) in [5.74, 6) is 0.347. The quantitative estimate of drug-likeness (QED) is 0.580. The van der Waals surface area contributed by atoms with E-state index in [1.165, 1.54) is 12.1 Å². The van der Waals surface area contributed by atoms with E-state index in [0.717, 1.165) is 5.56 Å². The van der Waals surface area contributed by atoms with Crippen molar-refractivity contribution in [3.05, 3.63) is 59.7 Å². The lowest BCUT2D eigenvalue weighted by Gasteiger charge is -2.24. The molecule has 2 aromatic carbocycles. The van der Waals surface area contributed by atoms with Gasteiger partial charge in [-0.05, 0) is 29.8 Å². The summed E-state index contributed by atoms with van der Waals surface area (Å²) in [6, 6.07) is 15.3. The Labute approximate surface area is 158 Å². The van der Waals surface area contributed by atoms with Crippen LogP contribution in [0.5, 0.6) is 11.5 Å². The Bertz CT molecular complexity index is 787. The summed E-state index contributed by atoms with van der Waals surface area (Å²) in [4.78, 5) is 12.1. The number of aliphatic hydroxyl groups is 1. The number of para-hydroxylation sites is 1. The van der Waals surface area contributed by atoms with Gasteiger partial charge in [-0.1, -0.05) is 31.2 Å². The van der Waals surface area contributed by atoms with Crippen molar-refractivity contribution in [2.45, 2.75) is 19.4 Å². The van der Waals surface area contributed by atoms with E-state index < -0.39 is 6.10 Å². The van der Waals surface area contributed by atoms with Crippen molar-refractivity contribution in [3.8, 4) is 17.6 Å². The summed E-state index contributed by atoms with van der Waals surface area (Å²) in [6.07, 6.45) is -0.676. The van der Waals surface area contributed by atoms with Gasteiger partial charge < -0.3 is 14.9 Å². The van der Waals surface area contributed by atoms with Crippen LogP contribution in [0.3, 0.4) is 0 Å². The minimum absolute atomic E-state index is 0.00300. The van der Waals surface area contributed by atoms with Gasteiger partial charge in [0, 0.05) is 13.1 Å². The van der Waals surface area contributed by atoms with Crippen LogP contribution in [0.2, 0.25) is 0 Å². The van der Waals surface area contributed by atoms with Crippen molar-refractivity contribution in [1.82, 2.24) is 10.4 Å². The van der Waals surface area contributed by atoms with Crippen LogP contribution in [0, 0.1) is 11.3 Å². The summed E-state index contributed by atoms with van der Waals surface area (Å²) >= 11 is 0. The number of likely N-dealkylation sites (N-methyl/N-ethyl adjacent to an activating group) is 1. The van der Waals surface area contributed by atoms with Crippen LogP contribution in [0.25, 0.3) is 0 Å². The molecular weight excluding hydrogens is 346 g/mol. The lowest BCUT2D eigenvalue weighted by Crippen LogP contribution is -2.47. The number of carbonyl (C=O) groups is 1. The van der Waals surface area contributed by atoms with E-state index in [9.17, 15) is 15.0 Å². The molecular formula is C20H23N3O4. The fourth-order valence-corrected chi connectivity index (χ4v) is 2.45. The molecule has 0 aliphatic rings. The first-order chi connectivity index (χ1) is 13.0. The number of nitriles is 1. The van der Waals surface area contributed by atoms with Gasteiger partial charge in [0.15, 0.2) is 0 Å². The molecule has 0 fully saturated rings. The number of hydrogen-bond donors (Lipinski definition) is 3. The second kappa shape index (κ2) is 10.2. The molecule has 7 heteroatoms. The standard InChI is InChI=1S/C20H23N3O4/c1-2-23(22-20(26)11-15-7-9-17(24)10-8-15)13-18(25)14-27-19-6-4-3-5-16(19)12-21/h3-10,18,24-25H,2,11,13-14H2,1H3,(H,22,26). The minimum Gasteiger partial charge on any atom is -0.508 e. The van der Waals surface area contributed by atoms with Gasteiger partial charge in [0.05, 0.1) is 12.0 Å². The van der Waals surface area contributed by atoms with Gasteiger partial charge in [-0.15, -0.1) is 0 Å².